The summed E-state index contributed by atoms with van der Waals surface area (Å²) in [6.07, 6.45) is 0. The quantitative estimate of drug-likeness (QED) is 0.156. The molecular weight excluding hydrogens is 520 g/mol. The van der Waals surface area contributed by atoms with E-state index in [0.29, 0.717) is 17.1 Å². The highest BCUT2D eigenvalue weighted by molar-refractivity contribution is 5.97. The molecular formula is C37H32N2O3. The van der Waals surface area contributed by atoms with Gasteiger partial charge in [0.2, 0.25) is 0 Å². The Labute approximate surface area is 246 Å². The number of esters is 1. The van der Waals surface area contributed by atoms with Gasteiger partial charge in [0.25, 0.3) is 0 Å². The van der Waals surface area contributed by atoms with Crippen LogP contribution in [-0.4, -0.2) is 12.5 Å². The third kappa shape index (κ3) is 3.96. The fourth-order valence-corrected chi connectivity index (χ4v) is 6.37. The van der Waals surface area contributed by atoms with Gasteiger partial charge in [-0.3, -0.25) is 10.0 Å². The summed E-state index contributed by atoms with van der Waals surface area (Å²) in [6.45, 7) is 7.24. The van der Waals surface area contributed by atoms with Crippen molar-refractivity contribution in [2.24, 2.45) is 0 Å². The molecule has 1 spiro atoms. The van der Waals surface area contributed by atoms with Gasteiger partial charge in [-0.15, -0.1) is 0 Å². The zero-order valence-electron chi connectivity index (χ0n) is 24.0. The number of nitrogens with zero attached hydrogens (tertiary/aromatic N) is 2. The Kier molecular flexibility index (Phi) is 6.23. The minimum absolute atomic E-state index is 0.00309. The first-order valence-electron chi connectivity index (χ1n) is 14.4. The van der Waals surface area contributed by atoms with E-state index in [2.05, 4.69) is 91.5 Å². The SMILES string of the molecule is CCN(c1ccc(C)cc1)N(c1ccc2c(c1)C1(OC(=O)c3ccccc31)c1ccccc1O2)C(C)c1ccccc1. The molecule has 2 aliphatic heterocycles. The van der Waals surface area contributed by atoms with Gasteiger partial charge in [0.05, 0.1) is 23.0 Å². The number of ether oxygens (including phenoxy) is 2. The van der Waals surface area contributed by atoms with Crippen molar-refractivity contribution in [3.8, 4) is 11.5 Å². The molecule has 2 heterocycles. The molecule has 0 amide bonds. The number of carbonyl (C=O) groups excluding carboxylic acids is 1. The molecule has 0 saturated carbocycles. The number of aryl methyl sites for hydroxylation is 1. The number of para-hydroxylation sites is 1. The van der Waals surface area contributed by atoms with Crippen LogP contribution in [0.2, 0.25) is 0 Å². The summed E-state index contributed by atoms with van der Waals surface area (Å²) in [4.78, 5) is 13.4. The van der Waals surface area contributed by atoms with Crippen LogP contribution in [0.15, 0.2) is 121 Å². The first-order chi connectivity index (χ1) is 20.5. The second-order valence-electron chi connectivity index (χ2n) is 10.9. The molecule has 2 atom stereocenters. The fraction of sp³-hybridized carbons (Fsp3) is 0.162. The van der Waals surface area contributed by atoms with Crippen LogP contribution in [-0.2, 0) is 10.3 Å². The lowest BCUT2D eigenvalue weighted by Gasteiger charge is -2.43. The molecule has 2 aliphatic rings. The normalized spacial score (nSPS) is 17.0. The predicted octanol–water partition coefficient (Wildman–Crippen LogP) is 8.57. The van der Waals surface area contributed by atoms with E-state index in [4.69, 9.17) is 9.47 Å². The van der Waals surface area contributed by atoms with Gasteiger partial charge in [-0.2, -0.15) is 0 Å². The summed E-state index contributed by atoms with van der Waals surface area (Å²) >= 11 is 0. The van der Waals surface area contributed by atoms with Gasteiger partial charge in [0, 0.05) is 23.2 Å². The largest absolute Gasteiger partial charge is 0.456 e. The van der Waals surface area contributed by atoms with E-state index in [9.17, 15) is 4.79 Å². The van der Waals surface area contributed by atoms with Gasteiger partial charge in [-0.1, -0.05) is 84.4 Å². The van der Waals surface area contributed by atoms with Crippen LogP contribution >= 0.6 is 0 Å². The molecule has 5 heteroatoms. The number of anilines is 2. The Morgan fingerprint density at radius 3 is 2.12 bits per heavy atom. The number of fused-ring (bicyclic) bond motifs is 6. The Balaban J connectivity index is 1.45. The van der Waals surface area contributed by atoms with E-state index < -0.39 is 5.60 Å². The van der Waals surface area contributed by atoms with E-state index in [0.717, 1.165) is 34.6 Å². The minimum Gasteiger partial charge on any atom is -0.456 e. The molecule has 2 unspecified atom stereocenters. The first-order valence-corrected chi connectivity index (χ1v) is 14.4. The van der Waals surface area contributed by atoms with Crippen LogP contribution in [0, 0.1) is 6.92 Å². The van der Waals surface area contributed by atoms with Gasteiger partial charge in [-0.05, 0) is 68.8 Å². The van der Waals surface area contributed by atoms with Crippen LogP contribution in [0.1, 0.15) is 58.1 Å². The molecule has 5 nitrogen and oxygen atoms in total. The first kappa shape index (κ1) is 25.9. The second kappa shape index (κ2) is 10.1. The van der Waals surface area contributed by atoms with E-state index in [1.807, 2.05) is 60.7 Å². The van der Waals surface area contributed by atoms with Gasteiger partial charge in [-0.25, -0.2) is 4.79 Å². The van der Waals surface area contributed by atoms with Crippen LogP contribution < -0.4 is 14.8 Å². The highest BCUT2D eigenvalue weighted by Crippen LogP contribution is 2.56. The molecule has 7 rings (SSSR count). The molecule has 0 fully saturated rings. The zero-order chi connectivity index (χ0) is 28.8. The maximum absolute atomic E-state index is 13.4. The molecule has 0 N–H and O–H groups in total. The summed E-state index contributed by atoms with van der Waals surface area (Å²) in [5, 5.41) is 4.63. The summed E-state index contributed by atoms with van der Waals surface area (Å²) in [7, 11) is 0. The van der Waals surface area contributed by atoms with Crippen molar-refractivity contribution in [2.45, 2.75) is 32.4 Å². The van der Waals surface area contributed by atoms with E-state index >= 15 is 0 Å². The molecule has 5 aromatic rings. The van der Waals surface area contributed by atoms with Crippen molar-refractivity contribution in [3.05, 3.63) is 155 Å². The number of hydrazine groups is 1. The number of hydrogen-bond donors (Lipinski definition) is 0. The maximum atomic E-state index is 13.4. The molecule has 5 aromatic carbocycles. The molecule has 208 valence electrons. The molecule has 42 heavy (non-hydrogen) atoms. The standard InChI is InChI=1S/C37H32N2O3/c1-4-38(28-20-18-25(2)19-21-28)39(26(3)27-12-6-5-7-13-27)29-22-23-35-33(24-29)37(32-16-10-11-17-34(32)41-35)31-15-9-8-14-30(31)36(40)42-37/h5-24,26H,4H2,1-3H3. The van der Waals surface area contributed by atoms with Crippen molar-refractivity contribution in [3.63, 3.8) is 0 Å². The van der Waals surface area contributed by atoms with Crippen molar-refractivity contribution in [2.75, 3.05) is 16.6 Å². The zero-order valence-corrected chi connectivity index (χ0v) is 24.0. The van der Waals surface area contributed by atoms with Gasteiger partial charge < -0.3 is 9.47 Å². The highest BCUT2D eigenvalue weighted by atomic mass is 16.6. The van der Waals surface area contributed by atoms with Crippen LogP contribution in [0.4, 0.5) is 11.4 Å². The molecule has 0 bridgehead atoms. The third-order valence-corrected chi connectivity index (χ3v) is 8.41. The summed E-state index contributed by atoms with van der Waals surface area (Å²) in [6, 6.07) is 40.9. The number of carbonyl (C=O) groups is 1. The highest BCUT2D eigenvalue weighted by Gasteiger charge is 2.53. The second-order valence-corrected chi connectivity index (χ2v) is 10.9. The number of hydrogen-bond acceptors (Lipinski definition) is 5. The third-order valence-electron chi connectivity index (χ3n) is 8.41. The van der Waals surface area contributed by atoms with Gasteiger partial charge in [0.15, 0.2) is 5.60 Å². The minimum atomic E-state index is -1.11. The topological polar surface area (TPSA) is 42.0 Å². The Morgan fingerprint density at radius 2 is 1.36 bits per heavy atom. The van der Waals surface area contributed by atoms with Crippen molar-refractivity contribution in [1.29, 1.82) is 0 Å². The van der Waals surface area contributed by atoms with Gasteiger partial charge in [0.1, 0.15) is 11.5 Å². The number of rotatable bonds is 6. The Hall–Kier alpha value is -5.03. The maximum Gasteiger partial charge on any atom is 0.340 e. The fourth-order valence-electron chi connectivity index (χ4n) is 6.37. The summed E-state index contributed by atoms with van der Waals surface area (Å²) in [5.41, 5.74) is 6.39. The van der Waals surface area contributed by atoms with E-state index in [-0.39, 0.29) is 12.0 Å². The average Bonchev–Trinajstić information content (AvgIpc) is 3.33. The van der Waals surface area contributed by atoms with Crippen LogP contribution in [0.3, 0.4) is 0 Å². The molecule has 0 saturated heterocycles. The van der Waals surface area contributed by atoms with E-state index in [1.54, 1.807) is 0 Å². The number of benzene rings is 5. The Morgan fingerprint density at radius 1 is 0.714 bits per heavy atom. The lowest BCUT2D eigenvalue weighted by Crippen LogP contribution is -2.45. The predicted molar refractivity (Wildman–Crippen MR) is 166 cm³/mol. The Bertz CT molecular complexity index is 1780. The van der Waals surface area contributed by atoms with Crippen molar-refractivity contribution < 1.29 is 14.3 Å². The van der Waals surface area contributed by atoms with Crippen molar-refractivity contribution >= 4 is 17.3 Å². The van der Waals surface area contributed by atoms with Gasteiger partial charge >= 0.3 is 5.97 Å². The molecule has 0 aliphatic carbocycles. The smallest absolute Gasteiger partial charge is 0.340 e. The summed E-state index contributed by atoms with van der Waals surface area (Å²) < 4.78 is 12.9. The lowest BCUT2D eigenvalue weighted by molar-refractivity contribution is 0.0224. The lowest BCUT2D eigenvalue weighted by atomic mass is 9.77. The molecule has 0 radical (unpaired) electrons. The molecule has 0 aromatic heterocycles. The summed E-state index contributed by atoms with van der Waals surface area (Å²) in [5.74, 6) is 1.03. The monoisotopic (exact) mass is 552 g/mol. The van der Waals surface area contributed by atoms with Crippen LogP contribution in [0.5, 0.6) is 11.5 Å². The van der Waals surface area contributed by atoms with Crippen molar-refractivity contribution in [1.82, 2.24) is 0 Å². The average molecular weight is 553 g/mol. The van der Waals surface area contributed by atoms with Crippen LogP contribution in [0.25, 0.3) is 0 Å². The van der Waals surface area contributed by atoms with E-state index in [1.165, 1.54) is 11.1 Å².